The molecule has 0 saturated heterocycles. The third-order valence-electron chi connectivity index (χ3n) is 6.54. The summed E-state index contributed by atoms with van der Waals surface area (Å²) < 4.78 is 59.4. The van der Waals surface area contributed by atoms with Crippen LogP contribution in [0.25, 0.3) is 11.1 Å². The number of benzene rings is 3. The lowest BCUT2D eigenvalue weighted by molar-refractivity contribution is -0.113. The molecule has 1 unspecified atom stereocenters. The molecular formula is C29H29F4N3O2. The molecule has 0 saturated carbocycles. The van der Waals surface area contributed by atoms with Crippen LogP contribution in [0.4, 0.5) is 23.2 Å². The van der Waals surface area contributed by atoms with Gasteiger partial charge in [0.25, 0.3) is 11.8 Å². The molecule has 3 aromatic rings. The van der Waals surface area contributed by atoms with E-state index in [-0.39, 0.29) is 29.1 Å². The van der Waals surface area contributed by atoms with Crippen molar-refractivity contribution in [2.24, 2.45) is 0 Å². The van der Waals surface area contributed by atoms with Gasteiger partial charge in [-0.3, -0.25) is 4.79 Å². The molecule has 3 aromatic carbocycles. The molecule has 1 aliphatic heterocycles. The van der Waals surface area contributed by atoms with Gasteiger partial charge in [0.2, 0.25) is 0 Å². The fourth-order valence-corrected chi connectivity index (χ4v) is 4.56. The maximum absolute atomic E-state index is 14.1. The van der Waals surface area contributed by atoms with Gasteiger partial charge in [-0.2, -0.15) is 8.78 Å². The van der Waals surface area contributed by atoms with E-state index < -0.39 is 24.6 Å². The summed E-state index contributed by atoms with van der Waals surface area (Å²) >= 11 is 0. The molecule has 1 amide bonds. The molecule has 1 atom stereocenters. The summed E-state index contributed by atoms with van der Waals surface area (Å²) in [7, 11) is 0. The Hall–Kier alpha value is -4.01. The number of nitrogens with one attached hydrogen (secondary N) is 3. The zero-order chi connectivity index (χ0) is 27.6. The van der Waals surface area contributed by atoms with E-state index >= 15 is 0 Å². The fourth-order valence-electron chi connectivity index (χ4n) is 4.56. The number of carbonyl (C=O) groups excluding carboxylic acids is 1. The Morgan fingerprint density at radius 1 is 1.00 bits per heavy atom. The van der Waals surface area contributed by atoms with Crippen LogP contribution in [0.3, 0.4) is 0 Å². The molecule has 200 valence electrons. The second kappa shape index (κ2) is 10.8. The standard InChI is InChI=1S/C29H29F4N3O2/c1-5-29(32,33)20-10-7-11-21(15-20)35-27(37)25-18(4)34-26(36-25)19-12-13-23(38-28(30)31)22(14-19)24-16(2)8-6-9-17(24)3/h6-15,26,28,34,36H,5H2,1-4H3,(H,35,37). The highest BCUT2D eigenvalue weighted by Gasteiger charge is 2.30. The van der Waals surface area contributed by atoms with Gasteiger partial charge in [-0.25, -0.2) is 8.78 Å². The second-order valence-electron chi connectivity index (χ2n) is 9.22. The van der Waals surface area contributed by atoms with Crippen molar-refractivity contribution in [3.8, 4) is 16.9 Å². The molecule has 1 heterocycles. The summed E-state index contributed by atoms with van der Waals surface area (Å²) in [5.74, 6) is -3.45. The minimum atomic E-state index is -3.00. The predicted octanol–water partition coefficient (Wildman–Crippen LogP) is 7.14. The van der Waals surface area contributed by atoms with Gasteiger partial charge in [-0.05, 0) is 67.3 Å². The van der Waals surface area contributed by atoms with E-state index in [9.17, 15) is 22.4 Å². The number of allylic oxidation sites excluding steroid dienone is 1. The third-order valence-corrected chi connectivity index (χ3v) is 6.54. The normalized spacial score (nSPS) is 15.3. The van der Waals surface area contributed by atoms with Crippen molar-refractivity contribution in [1.29, 1.82) is 0 Å². The first-order valence-electron chi connectivity index (χ1n) is 12.2. The van der Waals surface area contributed by atoms with Crippen molar-refractivity contribution >= 4 is 11.6 Å². The van der Waals surface area contributed by atoms with Crippen LogP contribution >= 0.6 is 0 Å². The van der Waals surface area contributed by atoms with Crippen LogP contribution in [0.1, 0.15) is 48.7 Å². The Labute approximate surface area is 218 Å². The van der Waals surface area contributed by atoms with Crippen molar-refractivity contribution in [2.75, 3.05) is 5.32 Å². The Morgan fingerprint density at radius 2 is 1.68 bits per heavy atom. The maximum atomic E-state index is 14.1. The summed E-state index contributed by atoms with van der Waals surface area (Å²) in [5.41, 5.74) is 4.64. The number of carbonyl (C=O) groups is 1. The Bertz CT molecular complexity index is 1370. The van der Waals surface area contributed by atoms with E-state index in [1.807, 2.05) is 32.0 Å². The molecule has 0 aromatic heterocycles. The van der Waals surface area contributed by atoms with Gasteiger partial charge in [0.15, 0.2) is 0 Å². The molecule has 0 spiro atoms. The van der Waals surface area contributed by atoms with Crippen molar-refractivity contribution in [3.63, 3.8) is 0 Å². The van der Waals surface area contributed by atoms with Crippen molar-refractivity contribution in [1.82, 2.24) is 10.6 Å². The number of halogens is 4. The number of hydrogen-bond acceptors (Lipinski definition) is 4. The van der Waals surface area contributed by atoms with Crippen LogP contribution in [-0.2, 0) is 10.7 Å². The fraction of sp³-hybridized carbons (Fsp3) is 0.276. The lowest BCUT2D eigenvalue weighted by Gasteiger charge is -2.20. The zero-order valence-corrected chi connectivity index (χ0v) is 21.5. The van der Waals surface area contributed by atoms with Gasteiger partial charge in [0.1, 0.15) is 17.6 Å². The number of rotatable bonds is 8. The number of hydrogen-bond donors (Lipinski definition) is 3. The molecule has 0 aliphatic carbocycles. The van der Waals surface area contributed by atoms with E-state index in [1.54, 1.807) is 25.1 Å². The number of alkyl halides is 4. The van der Waals surface area contributed by atoms with Crippen LogP contribution in [0.5, 0.6) is 5.75 Å². The quantitative estimate of drug-likeness (QED) is 0.273. The van der Waals surface area contributed by atoms with Gasteiger partial charge >= 0.3 is 6.61 Å². The average molecular weight is 528 g/mol. The molecule has 0 bridgehead atoms. The first kappa shape index (κ1) is 27.0. The van der Waals surface area contributed by atoms with Gasteiger partial charge in [-0.1, -0.05) is 43.3 Å². The maximum Gasteiger partial charge on any atom is 0.387 e. The molecule has 3 N–H and O–H groups in total. The summed E-state index contributed by atoms with van der Waals surface area (Å²) in [4.78, 5) is 13.0. The minimum absolute atomic E-state index is 0.0468. The van der Waals surface area contributed by atoms with Crippen LogP contribution in [0, 0.1) is 13.8 Å². The Morgan fingerprint density at radius 3 is 2.34 bits per heavy atom. The van der Waals surface area contributed by atoms with Gasteiger partial charge in [-0.15, -0.1) is 0 Å². The van der Waals surface area contributed by atoms with E-state index in [4.69, 9.17) is 4.74 Å². The highest BCUT2D eigenvalue weighted by atomic mass is 19.3. The molecule has 0 radical (unpaired) electrons. The summed E-state index contributed by atoms with van der Waals surface area (Å²) in [6.07, 6.45) is -0.886. The minimum Gasteiger partial charge on any atom is -0.434 e. The lowest BCUT2D eigenvalue weighted by Crippen LogP contribution is -2.27. The summed E-state index contributed by atoms with van der Waals surface area (Å²) in [5, 5.41) is 8.99. The molecular weight excluding hydrogens is 498 g/mol. The molecule has 9 heteroatoms. The van der Waals surface area contributed by atoms with Crippen LogP contribution in [-0.4, -0.2) is 12.5 Å². The number of ether oxygens (including phenoxy) is 1. The predicted molar refractivity (Wildman–Crippen MR) is 139 cm³/mol. The highest BCUT2D eigenvalue weighted by molar-refractivity contribution is 6.04. The van der Waals surface area contributed by atoms with Gasteiger partial charge < -0.3 is 20.7 Å². The molecule has 1 aliphatic rings. The second-order valence-corrected chi connectivity index (χ2v) is 9.22. The largest absolute Gasteiger partial charge is 0.434 e. The van der Waals surface area contributed by atoms with Gasteiger partial charge in [0.05, 0.1) is 0 Å². The smallest absolute Gasteiger partial charge is 0.387 e. The van der Waals surface area contributed by atoms with Crippen LogP contribution < -0.4 is 20.7 Å². The number of anilines is 1. The first-order chi connectivity index (χ1) is 18.0. The molecule has 38 heavy (non-hydrogen) atoms. The zero-order valence-electron chi connectivity index (χ0n) is 21.5. The molecule has 4 rings (SSSR count). The topological polar surface area (TPSA) is 62.4 Å². The van der Waals surface area contributed by atoms with Crippen LogP contribution in [0.2, 0.25) is 0 Å². The SMILES string of the molecule is CCC(F)(F)c1cccc(NC(=O)C2=C(C)NC(c3ccc(OC(F)F)c(-c4c(C)cccc4C)c3)N2)c1. The first-order valence-corrected chi connectivity index (χ1v) is 12.2. The van der Waals surface area contributed by atoms with Crippen LogP contribution in [0.15, 0.2) is 72.1 Å². The Kier molecular flexibility index (Phi) is 7.66. The molecule has 0 fully saturated rings. The van der Waals surface area contributed by atoms with E-state index in [0.29, 0.717) is 16.8 Å². The van der Waals surface area contributed by atoms with Crippen molar-refractivity contribution in [2.45, 2.75) is 52.8 Å². The van der Waals surface area contributed by atoms with Crippen molar-refractivity contribution < 1.29 is 27.1 Å². The van der Waals surface area contributed by atoms with E-state index in [1.165, 1.54) is 31.2 Å². The third kappa shape index (κ3) is 5.61. The van der Waals surface area contributed by atoms with E-state index in [2.05, 4.69) is 16.0 Å². The highest BCUT2D eigenvalue weighted by Crippen LogP contribution is 2.38. The number of aryl methyl sites for hydroxylation is 2. The van der Waals surface area contributed by atoms with E-state index in [0.717, 1.165) is 16.7 Å². The van der Waals surface area contributed by atoms with Gasteiger partial charge in [0, 0.05) is 28.9 Å². The Balaban J connectivity index is 1.59. The lowest BCUT2D eigenvalue weighted by atomic mass is 9.93. The number of amides is 1. The summed E-state index contributed by atoms with van der Waals surface area (Å²) in [6, 6.07) is 16.2. The average Bonchev–Trinajstić information content (AvgIpc) is 3.26. The van der Waals surface area contributed by atoms with Crippen molar-refractivity contribution in [3.05, 3.63) is 94.3 Å². The monoisotopic (exact) mass is 527 g/mol. The molecule has 5 nitrogen and oxygen atoms in total. The summed E-state index contributed by atoms with van der Waals surface area (Å²) in [6.45, 7) is 3.91.